The van der Waals surface area contributed by atoms with Gasteiger partial charge in [0.15, 0.2) is 0 Å². The topological polar surface area (TPSA) is 58.9 Å². The minimum Gasteiger partial charge on any atom is -0.490 e. The first kappa shape index (κ1) is 20.8. The number of aliphatic hydroxyl groups excluding tert-OH is 2. The summed E-state index contributed by atoms with van der Waals surface area (Å²) in [5.74, 6) is 3.22. The zero-order valence-electron chi connectivity index (χ0n) is 17.5. The minimum atomic E-state index is -0.493. The van der Waals surface area contributed by atoms with Gasteiger partial charge in [-0.05, 0) is 61.6 Å². The fraction of sp³-hybridized carbons (Fsp3) is 0.583. The van der Waals surface area contributed by atoms with E-state index in [1.165, 1.54) is 11.1 Å². The van der Waals surface area contributed by atoms with Crippen LogP contribution in [0.25, 0.3) is 10.8 Å². The molecule has 0 amide bonds. The normalized spacial score (nSPS) is 24.6. The van der Waals surface area contributed by atoms with Crippen LogP contribution in [-0.4, -0.2) is 35.6 Å². The van der Waals surface area contributed by atoms with Crippen LogP contribution < -0.4 is 9.47 Å². The molecule has 1 fully saturated rings. The minimum absolute atomic E-state index is 0.270. The summed E-state index contributed by atoms with van der Waals surface area (Å²) < 4.78 is 12.5. The van der Waals surface area contributed by atoms with Gasteiger partial charge >= 0.3 is 0 Å². The molecule has 2 bridgehead atoms. The Bertz CT molecular complexity index is 896. The zero-order chi connectivity index (χ0) is 20.7. The summed E-state index contributed by atoms with van der Waals surface area (Å²) in [4.78, 5) is 0. The molecule has 5 unspecified atom stereocenters. The van der Waals surface area contributed by atoms with E-state index in [-0.39, 0.29) is 13.2 Å². The van der Waals surface area contributed by atoms with Crippen molar-refractivity contribution < 1.29 is 19.7 Å². The number of fused-ring (bicyclic) bond motifs is 6. The summed E-state index contributed by atoms with van der Waals surface area (Å²) in [6.45, 7) is 6.77. The Labute approximate surface area is 177 Å². The Morgan fingerprint density at radius 1 is 0.966 bits per heavy atom. The number of ether oxygens (including phenoxy) is 2. The van der Waals surface area contributed by atoms with E-state index in [1.54, 1.807) is 0 Å². The molecule has 0 aliphatic heterocycles. The van der Waals surface area contributed by atoms with Crippen LogP contribution in [0.15, 0.2) is 18.2 Å². The SMILES string of the molecule is CCC(O)COc1c2c(c(OCC(O)CC)c3ccc(Cl)cc13)C1CC2CC1C. The molecule has 158 valence electrons. The Hall–Kier alpha value is -1.49. The third-order valence-electron chi connectivity index (χ3n) is 6.69. The molecular formula is C24H31ClO4. The molecule has 0 spiro atoms. The summed E-state index contributed by atoms with van der Waals surface area (Å²) in [5, 5.41) is 22.7. The Balaban J connectivity index is 1.89. The number of rotatable bonds is 8. The second-order valence-corrected chi connectivity index (χ2v) is 9.11. The summed E-state index contributed by atoms with van der Waals surface area (Å²) >= 11 is 6.35. The Kier molecular flexibility index (Phi) is 5.97. The molecule has 5 heteroatoms. The molecule has 5 atom stereocenters. The van der Waals surface area contributed by atoms with Crippen LogP contribution in [0.4, 0.5) is 0 Å². The van der Waals surface area contributed by atoms with E-state index in [0.29, 0.717) is 35.6 Å². The predicted molar refractivity (Wildman–Crippen MR) is 116 cm³/mol. The van der Waals surface area contributed by atoms with Crippen molar-refractivity contribution in [1.82, 2.24) is 0 Å². The first-order chi connectivity index (χ1) is 13.9. The van der Waals surface area contributed by atoms with E-state index in [4.69, 9.17) is 21.1 Å². The average Bonchev–Trinajstić information content (AvgIpc) is 3.27. The van der Waals surface area contributed by atoms with Gasteiger partial charge in [0.25, 0.3) is 0 Å². The van der Waals surface area contributed by atoms with Crippen molar-refractivity contribution in [3.8, 4) is 11.5 Å². The highest BCUT2D eigenvalue weighted by molar-refractivity contribution is 6.31. The van der Waals surface area contributed by atoms with Crippen LogP contribution in [0.3, 0.4) is 0 Å². The van der Waals surface area contributed by atoms with Gasteiger partial charge in [-0.15, -0.1) is 0 Å². The molecule has 0 radical (unpaired) electrons. The van der Waals surface area contributed by atoms with Gasteiger partial charge in [0.2, 0.25) is 0 Å². The number of halogens is 1. The first-order valence-corrected chi connectivity index (χ1v) is 11.2. The fourth-order valence-electron chi connectivity index (χ4n) is 5.00. The van der Waals surface area contributed by atoms with E-state index >= 15 is 0 Å². The fourth-order valence-corrected chi connectivity index (χ4v) is 5.17. The second-order valence-electron chi connectivity index (χ2n) is 8.67. The van der Waals surface area contributed by atoms with Crippen LogP contribution in [0.1, 0.15) is 69.4 Å². The van der Waals surface area contributed by atoms with Crippen LogP contribution in [0.5, 0.6) is 11.5 Å². The molecule has 2 N–H and O–H groups in total. The maximum Gasteiger partial charge on any atom is 0.131 e. The molecular weight excluding hydrogens is 388 g/mol. The van der Waals surface area contributed by atoms with Gasteiger partial charge in [0, 0.05) is 26.9 Å². The van der Waals surface area contributed by atoms with E-state index in [1.807, 2.05) is 32.0 Å². The second kappa shape index (κ2) is 8.33. The number of benzene rings is 2. The third kappa shape index (κ3) is 3.71. The lowest BCUT2D eigenvalue weighted by molar-refractivity contribution is 0.102. The van der Waals surface area contributed by atoms with Crippen molar-refractivity contribution in [2.75, 3.05) is 13.2 Å². The Morgan fingerprint density at radius 2 is 1.59 bits per heavy atom. The molecule has 2 aliphatic rings. The van der Waals surface area contributed by atoms with E-state index in [0.717, 1.165) is 35.1 Å². The summed E-state index contributed by atoms with van der Waals surface area (Å²) in [5.41, 5.74) is 2.47. The molecule has 29 heavy (non-hydrogen) atoms. The molecule has 2 aliphatic carbocycles. The van der Waals surface area contributed by atoms with Crippen molar-refractivity contribution in [1.29, 1.82) is 0 Å². The summed E-state index contributed by atoms with van der Waals surface area (Å²) in [7, 11) is 0. The maximum atomic E-state index is 10.1. The average molecular weight is 419 g/mol. The summed E-state index contributed by atoms with van der Waals surface area (Å²) in [6.07, 6.45) is 2.59. The quantitative estimate of drug-likeness (QED) is 0.602. The lowest BCUT2D eigenvalue weighted by Crippen LogP contribution is -2.20. The van der Waals surface area contributed by atoms with E-state index in [9.17, 15) is 10.2 Å². The predicted octanol–water partition coefficient (Wildman–Crippen LogP) is 5.40. The Morgan fingerprint density at radius 3 is 2.21 bits per heavy atom. The highest BCUT2D eigenvalue weighted by atomic mass is 35.5. The van der Waals surface area contributed by atoms with Gasteiger partial charge in [-0.25, -0.2) is 0 Å². The van der Waals surface area contributed by atoms with Gasteiger partial charge < -0.3 is 19.7 Å². The third-order valence-corrected chi connectivity index (χ3v) is 6.93. The largest absolute Gasteiger partial charge is 0.490 e. The van der Waals surface area contributed by atoms with Crippen LogP contribution >= 0.6 is 11.6 Å². The van der Waals surface area contributed by atoms with Gasteiger partial charge in [-0.2, -0.15) is 0 Å². The lowest BCUT2D eigenvalue weighted by atomic mass is 9.82. The number of hydrogen-bond donors (Lipinski definition) is 2. The molecule has 0 aromatic heterocycles. The standard InChI is InChI=1S/C24H31ClO4/c1-4-16(26)11-28-23-18-7-6-15(25)10-20(18)24(29-12-17(27)5-2)21-14-8-13(3)19(9-14)22(21)23/h6-7,10,13-14,16-17,19,26-27H,4-5,8-9,11-12H2,1-3H3. The number of aliphatic hydroxyl groups is 2. The molecule has 1 saturated carbocycles. The van der Waals surface area contributed by atoms with Crippen LogP contribution in [0, 0.1) is 5.92 Å². The van der Waals surface area contributed by atoms with Gasteiger partial charge in [0.1, 0.15) is 24.7 Å². The monoisotopic (exact) mass is 418 g/mol. The van der Waals surface area contributed by atoms with E-state index < -0.39 is 12.2 Å². The van der Waals surface area contributed by atoms with Crippen molar-refractivity contribution in [3.63, 3.8) is 0 Å². The number of hydrogen-bond acceptors (Lipinski definition) is 4. The van der Waals surface area contributed by atoms with Crippen LogP contribution in [-0.2, 0) is 0 Å². The van der Waals surface area contributed by atoms with E-state index in [2.05, 4.69) is 6.92 Å². The van der Waals surface area contributed by atoms with Crippen LogP contribution in [0.2, 0.25) is 5.02 Å². The van der Waals surface area contributed by atoms with Gasteiger partial charge in [0.05, 0.1) is 12.2 Å². The van der Waals surface area contributed by atoms with Gasteiger partial charge in [-0.3, -0.25) is 0 Å². The molecule has 2 aromatic carbocycles. The first-order valence-electron chi connectivity index (χ1n) is 10.8. The molecule has 4 rings (SSSR count). The highest BCUT2D eigenvalue weighted by Crippen LogP contribution is 2.63. The summed E-state index contributed by atoms with van der Waals surface area (Å²) in [6, 6.07) is 5.80. The van der Waals surface area contributed by atoms with Crippen molar-refractivity contribution in [3.05, 3.63) is 34.3 Å². The highest BCUT2D eigenvalue weighted by Gasteiger charge is 2.46. The lowest BCUT2D eigenvalue weighted by Gasteiger charge is -2.28. The molecule has 0 heterocycles. The molecule has 4 nitrogen and oxygen atoms in total. The maximum absolute atomic E-state index is 10.1. The zero-order valence-corrected chi connectivity index (χ0v) is 18.2. The molecule has 2 aromatic rings. The molecule has 0 saturated heterocycles. The van der Waals surface area contributed by atoms with Crippen molar-refractivity contribution in [2.24, 2.45) is 5.92 Å². The smallest absolute Gasteiger partial charge is 0.131 e. The van der Waals surface area contributed by atoms with Crippen molar-refractivity contribution >= 4 is 22.4 Å². The van der Waals surface area contributed by atoms with Crippen molar-refractivity contribution in [2.45, 2.75) is 70.5 Å². The van der Waals surface area contributed by atoms with Gasteiger partial charge in [-0.1, -0.05) is 32.4 Å².